The van der Waals surface area contributed by atoms with Gasteiger partial charge in [-0.3, -0.25) is 0 Å². The summed E-state index contributed by atoms with van der Waals surface area (Å²) in [4.78, 5) is 0.0143. The van der Waals surface area contributed by atoms with Crippen LogP contribution in [0.5, 0.6) is 0 Å². The van der Waals surface area contributed by atoms with Crippen molar-refractivity contribution >= 4 is 21.4 Å². The molecule has 0 aromatic heterocycles. The number of rotatable bonds is 4. The standard InChI is InChI=1S/C13H21N3O3S/c1-13(2)11(7-12(13)19-3)16-9-4-8(14)5-10(6-9)20(15,17)18/h4-6,11-12,16H,7,14H2,1-3H3,(H2,15,17,18). The van der Waals surface area contributed by atoms with Crippen LogP contribution in [-0.2, 0) is 14.8 Å². The van der Waals surface area contributed by atoms with Crippen molar-refractivity contribution in [2.24, 2.45) is 10.6 Å². The first-order chi connectivity index (χ1) is 9.14. The molecule has 1 saturated carbocycles. The summed E-state index contributed by atoms with van der Waals surface area (Å²) in [6.45, 7) is 4.21. The second kappa shape index (κ2) is 4.91. The number of nitrogens with one attached hydrogen (secondary N) is 1. The highest BCUT2D eigenvalue weighted by Crippen LogP contribution is 2.44. The number of nitrogen functional groups attached to an aromatic ring is 1. The Kier molecular flexibility index (Phi) is 3.70. The number of hydrogen-bond acceptors (Lipinski definition) is 5. The predicted molar refractivity (Wildman–Crippen MR) is 78.8 cm³/mol. The third kappa shape index (κ3) is 2.74. The van der Waals surface area contributed by atoms with Crippen LogP contribution in [-0.4, -0.2) is 27.7 Å². The quantitative estimate of drug-likeness (QED) is 0.723. The Balaban J connectivity index is 2.22. The van der Waals surface area contributed by atoms with Crippen molar-refractivity contribution in [1.82, 2.24) is 0 Å². The van der Waals surface area contributed by atoms with Gasteiger partial charge in [-0.15, -0.1) is 0 Å². The lowest BCUT2D eigenvalue weighted by Crippen LogP contribution is -2.57. The number of primary sulfonamides is 1. The molecule has 0 amide bonds. The van der Waals surface area contributed by atoms with Crippen molar-refractivity contribution in [3.8, 4) is 0 Å². The van der Waals surface area contributed by atoms with E-state index in [1.165, 1.54) is 12.1 Å². The number of anilines is 2. The van der Waals surface area contributed by atoms with Gasteiger partial charge in [0.15, 0.2) is 0 Å². The minimum absolute atomic E-state index is 0.0143. The summed E-state index contributed by atoms with van der Waals surface area (Å²) in [5.74, 6) is 0. The third-order valence-electron chi connectivity index (χ3n) is 4.06. The Bertz CT molecular complexity index is 613. The number of benzene rings is 1. The summed E-state index contributed by atoms with van der Waals surface area (Å²) in [6.07, 6.45) is 1.06. The van der Waals surface area contributed by atoms with Crippen molar-refractivity contribution in [3.63, 3.8) is 0 Å². The van der Waals surface area contributed by atoms with Crippen LogP contribution in [0, 0.1) is 5.41 Å². The largest absolute Gasteiger partial charge is 0.399 e. The van der Waals surface area contributed by atoms with Gasteiger partial charge in [-0.05, 0) is 24.6 Å². The molecule has 0 spiro atoms. The minimum atomic E-state index is -3.76. The molecule has 0 radical (unpaired) electrons. The first kappa shape index (κ1) is 15.1. The van der Waals surface area contributed by atoms with Crippen molar-refractivity contribution < 1.29 is 13.2 Å². The maximum Gasteiger partial charge on any atom is 0.238 e. The molecule has 20 heavy (non-hydrogen) atoms. The summed E-state index contributed by atoms with van der Waals surface area (Å²) < 4.78 is 28.2. The molecule has 0 bridgehead atoms. The molecule has 5 N–H and O–H groups in total. The Morgan fingerprint density at radius 2 is 2.00 bits per heavy atom. The Labute approximate surface area is 119 Å². The second-order valence-electron chi connectivity index (χ2n) is 5.81. The molecule has 0 heterocycles. The molecule has 0 aliphatic heterocycles. The van der Waals surface area contributed by atoms with E-state index in [-0.39, 0.29) is 22.5 Å². The summed E-state index contributed by atoms with van der Waals surface area (Å²) in [6, 6.07) is 4.75. The average molecular weight is 299 g/mol. The zero-order chi connectivity index (χ0) is 15.1. The van der Waals surface area contributed by atoms with Gasteiger partial charge >= 0.3 is 0 Å². The van der Waals surface area contributed by atoms with Crippen molar-refractivity contribution in [1.29, 1.82) is 0 Å². The molecule has 2 atom stereocenters. The number of sulfonamides is 1. The van der Waals surface area contributed by atoms with Gasteiger partial charge in [0.2, 0.25) is 10.0 Å². The molecule has 1 aliphatic rings. The molecule has 6 nitrogen and oxygen atoms in total. The molecule has 7 heteroatoms. The van der Waals surface area contributed by atoms with E-state index < -0.39 is 10.0 Å². The van der Waals surface area contributed by atoms with Crippen LogP contribution < -0.4 is 16.2 Å². The predicted octanol–water partition coefficient (Wildman–Crippen LogP) is 1.14. The molecule has 0 saturated heterocycles. The molecule has 112 valence electrons. The van der Waals surface area contributed by atoms with E-state index in [0.717, 1.165) is 6.42 Å². The van der Waals surface area contributed by atoms with Crippen LogP contribution in [0.1, 0.15) is 20.3 Å². The van der Waals surface area contributed by atoms with Crippen molar-refractivity contribution in [2.75, 3.05) is 18.2 Å². The van der Waals surface area contributed by atoms with E-state index in [0.29, 0.717) is 11.4 Å². The van der Waals surface area contributed by atoms with Crippen LogP contribution in [0.15, 0.2) is 23.1 Å². The Morgan fingerprint density at radius 3 is 2.50 bits per heavy atom. The van der Waals surface area contributed by atoms with Crippen LogP contribution >= 0.6 is 0 Å². The van der Waals surface area contributed by atoms with E-state index in [1.807, 2.05) is 0 Å². The maximum atomic E-state index is 11.4. The zero-order valence-electron chi connectivity index (χ0n) is 11.9. The van der Waals surface area contributed by atoms with Crippen LogP contribution in [0.3, 0.4) is 0 Å². The summed E-state index contributed by atoms with van der Waals surface area (Å²) in [5, 5.41) is 8.44. The smallest absolute Gasteiger partial charge is 0.238 e. The number of methoxy groups -OCH3 is 1. The number of nitrogens with two attached hydrogens (primary N) is 2. The normalized spacial score (nSPS) is 25.0. The topological polar surface area (TPSA) is 107 Å². The summed E-state index contributed by atoms with van der Waals surface area (Å²) in [5.41, 5.74) is 6.72. The van der Waals surface area contributed by atoms with Gasteiger partial charge in [0.25, 0.3) is 0 Å². The lowest BCUT2D eigenvalue weighted by atomic mass is 9.64. The zero-order valence-corrected chi connectivity index (χ0v) is 12.7. The lowest BCUT2D eigenvalue weighted by Gasteiger charge is -2.51. The van der Waals surface area contributed by atoms with Gasteiger partial charge in [-0.25, -0.2) is 13.6 Å². The van der Waals surface area contributed by atoms with Crippen LogP contribution in [0.2, 0.25) is 0 Å². The maximum absolute atomic E-state index is 11.4. The Hall–Kier alpha value is -1.31. The van der Waals surface area contributed by atoms with Crippen molar-refractivity contribution in [2.45, 2.75) is 37.3 Å². The van der Waals surface area contributed by atoms with E-state index in [1.54, 1.807) is 13.2 Å². The highest BCUT2D eigenvalue weighted by atomic mass is 32.2. The first-order valence-electron chi connectivity index (χ1n) is 6.37. The highest BCUT2D eigenvalue weighted by molar-refractivity contribution is 7.89. The monoisotopic (exact) mass is 299 g/mol. The molecular formula is C13H21N3O3S. The fourth-order valence-electron chi connectivity index (χ4n) is 2.60. The van der Waals surface area contributed by atoms with Gasteiger partial charge in [0.1, 0.15) is 0 Å². The van der Waals surface area contributed by atoms with Crippen LogP contribution in [0.4, 0.5) is 11.4 Å². The van der Waals surface area contributed by atoms with Gasteiger partial charge in [-0.2, -0.15) is 0 Å². The highest BCUT2D eigenvalue weighted by Gasteiger charge is 2.48. The van der Waals surface area contributed by atoms with Gasteiger partial charge in [0.05, 0.1) is 11.0 Å². The fraction of sp³-hybridized carbons (Fsp3) is 0.538. The van der Waals surface area contributed by atoms with Gasteiger partial charge < -0.3 is 15.8 Å². The minimum Gasteiger partial charge on any atom is -0.399 e. The van der Waals surface area contributed by atoms with E-state index in [2.05, 4.69) is 19.2 Å². The SMILES string of the molecule is COC1CC(Nc2cc(N)cc(S(N)(=O)=O)c2)C1(C)C. The van der Waals surface area contributed by atoms with Gasteiger partial charge in [0, 0.05) is 29.9 Å². The summed E-state index contributed by atoms with van der Waals surface area (Å²) >= 11 is 0. The molecular weight excluding hydrogens is 278 g/mol. The third-order valence-corrected chi connectivity index (χ3v) is 4.95. The molecule has 2 rings (SSSR count). The molecule has 2 unspecified atom stereocenters. The van der Waals surface area contributed by atoms with E-state index >= 15 is 0 Å². The molecule has 1 aromatic rings. The molecule has 1 aliphatic carbocycles. The van der Waals surface area contributed by atoms with E-state index in [9.17, 15) is 8.42 Å². The lowest BCUT2D eigenvalue weighted by molar-refractivity contribution is -0.0794. The Morgan fingerprint density at radius 1 is 1.35 bits per heavy atom. The van der Waals surface area contributed by atoms with E-state index in [4.69, 9.17) is 15.6 Å². The van der Waals surface area contributed by atoms with Crippen LogP contribution in [0.25, 0.3) is 0 Å². The van der Waals surface area contributed by atoms with Crippen molar-refractivity contribution in [3.05, 3.63) is 18.2 Å². The average Bonchev–Trinajstić information content (AvgIpc) is 2.32. The molecule has 1 fully saturated rings. The second-order valence-corrected chi connectivity index (χ2v) is 7.38. The first-order valence-corrected chi connectivity index (χ1v) is 7.92. The molecule has 1 aromatic carbocycles. The number of ether oxygens (including phenoxy) is 1. The summed E-state index contributed by atoms with van der Waals surface area (Å²) in [7, 11) is -2.06. The fourth-order valence-corrected chi connectivity index (χ4v) is 3.19. The number of hydrogen-bond donors (Lipinski definition) is 3. The van der Waals surface area contributed by atoms with Gasteiger partial charge in [-0.1, -0.05) is 13.8 Å².